The smallest absolute Gasteiger partial charge is 0.258 e. The summed E-state index contributed by atoms with van der Waals surface area (Å²) in [5, 5.41) is 3.79. The van der Waals surface area contributed by atoms with Crippen molar-refractivity contribution < 1.29 is 9.22 Å². The van der Waals surface area contributed by atoms with Gasteiger partial charge in [0.25, 0.3) is 8.32 Å². The molecule has 1 aliphatic heterocycles. The van der Waals surface area contributed by atoms with Gasteiger partial charge in [-0.3, -0.25) is 5.32 Å². The summed E-state index contributed by atoms with van der Waals surface area (Å²) in [7, 11) is -2.02. The van der Waals surface area contributed by atoms with Crippen LogP contribution in [0.25, 0.3) is 0 Å². The fourth-order valence-electron chi connectivity index (χ4n) is 6.25. The minimum Gasteiger partial charge on any atom is -0.546 e. The Kier molecular flexibility index (Phi) is 9.02. The fourth-order valence-corrected chi connectivity index (χ4v) is 11.6. The summed E-state index contributed by atoms with van der Waals surface area (Å²) in [6.45, 7) is 16.4. The van der Waals surface area contributed by atoms with Gasteiger partial charge < -0.3 is 9.22 Å². The SMILES string of the molecule is CCCCCC[C@@H]1C=C(O[Si](C(C)C)(C(C)C)C(C)C)[C@H]2CCCC[C@@]2(C=O)N1. The molecule has 0 unspecified atom stereocenters. The highest BCUT2D eigenvalue weighted by molar-refractivity contribution is 6.77. The Hall–Kier alpha value is -0.613. The van der Waals surface area contributed by atoms with Crippen LogP contribution in [0.1, 0.15) is 106 Å². The predicted molar refractivity (Wildman–Crippen MR) is 127 cm³/mol. The molecule has 2 aliphatic rings. The molecule has 0 radical (unpaired) electrons. The largest absolute Gasteiger partial charge is 0.546 e. The maximum Gasteiger partial charge on any atom is 0.258 e. The lowest BCUT2D eigenvalue weighted by Crippen LogP contribution is -2.62. The van der Waals surface area contributed by atoms with Crippen LogP contribution >= 0.6 is 0 Å². The van der Waals surface area contributed by atoms with E-state index in [-0.39, 0.29) is 12.0 Å². The Morgan fingerprint density at radius 3 is 2.31 bits per heavy atom. The van der Waals surface area contributed by atoms with Crippen LogP contribution in [0.15, 0.2) is 11.8 Å². The fraction of sp³-hybridized carbons (Fsp3) is 0.880. The summed E-state index contributed by atoms with van der Waals surface area (Å²) in [5.41, 5.74) is 1.24. The van der Waals surface area contributed by atoms with Crippen molar-refractivity contribution in [2.24, 2.45) is 5.92 Å². The third-order valence-corrected chi connectivity index (χ3v) is 13.7. The lowest BCUT2D eigenvalue weighted by Gasteiger charge is -2.51. The number of rotatable bonds is 11. The van der Waals surface area contributed by atoms with Gasteiger partial charge >= 0.3 is 0 Å². The van der Waals surface area contributed by atoms with E-state index in [1.54, 1.807) is 0 Å². The van der Waals surface area contributed by atoms with E-state index < -0.39 is 13.9 Å². The molecule has 1 heterocycles. The van der Waals surface area contributed by atoms with Crippen LogP contribution in [-0.2, 0) is 9.22 Å². The maximum absolute atomic E-state index is 12.4. The van der Waals surface area contributed by atoms with Crippen molar-refractivity contribution in [2.45, 2.75) is 134 Å². The van der Waals surface area contributed by atoms with Crippen molar-refractivity contribution in [3.63, 3.8) is 0 Å². The predicted octanol–water partition coefficient (Wildman–Crippen LogP) is 7.13. The van der Waals surface area contributed by atoms with Gasteiger partial charge in [0.05, 0.1) is 11.3 Å². The molecule has 0 aromatic carbocycles. The zero-order valence-corrected chi connectivity index (χ0v) is 21.2. The zero-order valence-electron chi connectivity index (χ0n) is 20.2. The van der Waals surface area contributed by atoms with Crippen LogP contribution in [0.4, 0.5) is 0 Å². The highest BCUT2D eigenvalue weighted by Gasteiger charge is 2.52. The lowest BCUT2D eigenvalue weighted by atomic mass is 9.70. The molecule has 3 atom stereocenters. The van der Waals surface area contributed by atoms with Crippen molar-refractivity contribution in [3.8, 4) is 0 Å². The third kappa shape index (κ3) is 5.18. The van der Waals surface area contributed by atoms with E-state index in [0.717, 1.165) is 25.7 Å². The second kappa shape index (κ2) is 10.6. The number of carbonyl (C=O) groups excluding carboxylic acids is 1. The summed E-state index contributed by atoms with van der Waals surface area (Å²) in [6.07, 6.45) is 14.1. The molecule has 0 amide bonds. The normalized spacial score (nSPS) is 27.9. The third-order valence-electron chi connectivity index (χ3n) is 7.70. The van der Waals surface area contributed by atoms with Crippen molar-refractivity contribution >= 4 is 14.6 Å². The molecule has 1 saturated carbocycles. The average Bonchev–Trinajstić information content (AvgIpc) is 2.68. The Bertz CT molecular complexity index is 535. The van der Waals surface area contributed by atoms with Crippen molar-refractivity contribution in [1.29, 1.82) is 0 Å². The van der Waals surface area contributed by atoms with Gasteiger partial charge in [-0.2, -0.15) is 0 Å². The Morgan fingerprint density at radius 2 is 1.76 bits per heavy atom. The van der Waals surface area contributed by atoms with E-state index >= 15 is 0 Å². The van der Waals surface area contributed by atoms with Gasteiger partial charge in [-0.05, 0) is 42.0 Å². The number of hydrogen-bond donors (Lipinski definition) is 1. The second-order valence-corrected chi connectivity index (χ2v) is 15.9. The lowest BCUT2D eigenvalue weighted by molar-refractivity contribution is -0.117. The van der Waals surface area contributed by atoms with Gasteiger partial charge in [0, 0.05) is 12.0 Å². The zero-order chi connectivity index (χ0) is 21.7. The highest BCUT2D eigenvalue weighted by Crippen LogP contribution is 2.48. The van der Waals surface area contributed by atoms with Crippen LogP contribution < -0.4 is 5.32 Å². The standard InChI is InChI=1S/C25H47NO2Si/c1-8-9-10-11-14-22-17-24(23-15-12-13-16-25(23,18-27)26-22)28-29(19(2)3,20(4)5)21(6)7/h17-23,26H,8-16H2,1-7H3/t22-,23-,25+/m1/s1. The summed E-state index contributed by atoms with van der Waals surface area (Å²) in [5.74, 6) is 1.38. The molecule has 4 heteroatoms. The maximum atomic E-state index is 12.4. The molecule has 0 bridgehead atoms. The first-order chi connectivity index (χ1) is 13.7. The van der Waals surface area contributed by atoms with Crippen molar-refractivity contribution in [2.75, 3.05) is 0 Å². The van der Waals surface area contributed by atoms with E-state index in [0.29, 0.717) is 16.6 Å². The average molecular weight is 422 g/mol. The molecular formula is C25H47NO2Si. The van der Waals surface area contributed by atoms with Crippen LogP contribution in [0.5, 0.6) is 0 Å². The van der Waals surface area contributed by atoms with E-state index in [1.165, 1.54) is 44.1 Å². The molecule has 0 spiro atoms. The molecule has 168 valence electrons. The summed E-state index contributed by atoms with van der Waals surface area (Å²) in [6, 6.07) is 0.264. The molecule has 0 aromatic heterocycles. The number of hydrogen-bond acceptors (Lipinski definition) is 3. The number of unbranched alkanes of at least 4 members (excludes halogenated alkanes) is 3. The van der Waals surface area contributed by atoms with Gasteiger partial charge in [-0.15, -0.1) is 0 Å². The van der Waals surface area contributed by atoms with Gasteiger partial charge in [0.2, 0.25) is 0 Å². The van der Waals surface area contributed by atoms with Crippen LogP contribution in [0, 0.1) is 5.92 Å². The topological polar surface area (TPSA) is 38.3 Å². The van der Waals surface area contributed by atoms with Gasteiger partial charge in [-0.1, -0.05) is 87.0 Å². The molecule has 29 heavy (non-hydrogen) atoms. The Morgan fingerprint density at radius 1 is 1.10 bits per heavy atom. The Balaban J connectivity index is 2.37. The van der Waals surface area contributed by atoms with Crippen molar-refractivity contribution in [1.82, 2.24) is 5.32 Å². The molecule has 0 saturated heterocycles. The minimum atomic E-state index is -2.02. The molecule has 1 aliphatic carbocycles. The first-order valence-electron chi connectivity index (χ1n) is 12.4. The minimum absolute atomic E-state index is 0.212. The molecular weight excluding hydrogens is 374 g/mol. The molecule has 1 fully saturated rings. The Labute approximate surface area is 181 Å². The van der Waals surface area contributed by atoms with Crippen molar-refractivity contribution in [3.05, 3.63) is 11.8 Å². The van der Waals surface area contributed by atoms with Gasteiger partial charge in [0.1, 0.15) is 6.29 Å². The molecule has 1 N–H and O–H groups in total. The number of aldehydes is 1. The van der Waals surface area contributed by atoms with Crippen LogP contribution in [0.3, 0.4) is 0 Å². The number of nitrogens with one attached hydrogen (secondary N) is 1. The van der Waals surface area contributed by atoms with Crippen LogP contribution in [-0.4, -0.2) is 26.2 Å². The first-order valence-corrected chi connectivity index (χ1v) is 14.5. The monoisotopic (exact) mass is 421 g/mol. The quantitative estimate of drug-likeness (QED) is 0.219. The van der Waals surface area contributed by atoms with Gasteiger partial charge in [0.15, 0.2) is 0 Å². The molecule has 3 nitrogen and oxygen atoms in total. The van der Waals surface area contributed by atoms with E-state index in [4.69, 9.17) is 4.43 Å². The second-order valence-electron chi connectivity index (χ2n) is 10.5. The molecule has 2 rings (SSSR count). The number of carbonyl (C=O) groups is 1. The first kappa shape index (κ1) is 24.7. The van der Waals surface area contributed by atoms with E-state index in [1.807, 2.05) is 0 Å². The number of fused-ring (bicyclic) bond motifs is 1. The van der Waals surface area contributed by atoms with Crippen LogP contribution in [0.2, 0.25) is 16.6 Å². The highest BCUT2D eigenvalue weighted by atomic mass is 28.4. The van der Waals surface area contributed by atoms with E-state index in [2.05, 4.69) is 59.9 Å². The van der Waals surface area contributed by atoms with E-state index in [9.17, 15) is 4.79 Å². The summed E-state index contributed by atoms with van der Waals surface area (Å²) in [4.78, 5) is 12.4. The summed E-state index contributed by atoms with van der Waals surface area (Å²) < 4.78 is 7.22. The van der Waals surface area contributed by atoms with Gasteiger partial charge in [-0.25, -0.2) is 0 Å². The molecule has 0 aromatic rings. The summed E-state index contributed by atoms with van der Waals surface area (Å²) >= 11 is 0.